The molecule has 0 heterocycles. The normalized spacial score (nSPS) is 12.5. The summed E-state index contributed by atoms with van der Waals surface area (Å²) < 4.78 is 18.9. The van der Waals surface area contributed by atoms with E-state index >= 15 is 0 Å². The lowest BCUT2D eigenvalue weighted by molar-refractivity contribution is 0.214. The van der Waals surface area contributed by atoms with Crippen LogP contribution in [0.3, 0.4) is 0 Å². The topological polar surface area (TPSA) is 29.5 Å². The molecule has 0 aliphatic heterocycles. The van der Waals surface area contributed by atoms with Gasteiger partial charge < -0.3 is 9.84 Å². The van der Waals surface area contributed by atoms with Crippen molar-refractivity contribution in [3.05, 3.63) is 65.0 Å². The maximum atomic E-state index is 13.9. The van der Waals surface area contributed by atoms with E-state index in [1.165, 1.54) is 18.7 Å². The van der Waals surface area contributed by atoms with Crippen molar-refractivity contribution in [1.29, 1.82) is 0 Å². The van der Waals surface area contributed by atoms with Crippen LogP contribution >= 0.6 is 0 Å². The molecule has 3 heteroatoms. The van der Waals surface area contributed by atoms with Gasteiger partial charge >= 0.3 is 0 Å². The minimum Gasteiger partial charge on any atom is -0.497 e. The Morgan fingerprint density at radius 1 is 1.00 bits per heavy atom. The molecule has 106 valence electrons. The van der Waals surface area contributed by atoms with Crippen LogP contribution in [0.15, 0.2) is 42.5 Å². The van der Waals surface area contributed by atoms with Crippen molar-refractivity contribution in [3.63, 3.8) is 0 Å². The van der Waals surface area contributed by atoms with E-state index in [2.05, 4.69) is 13.8 Å². The van der Waals surface area contributed by atoms with Crippen molar-refractivity contribution in [2.24, 2.45) is 0 Å². The molecule has 0 saturated carbocycles. The van der Waals surface area contributed by atoms with Gasteiger partial charge in [0.05, 0.1) is 7.11 Å². The molecule has 0 radical (unpaired) electrons. The van der Waals surface area contributed by atoms with Crippen molar-refractivity contribution < 1.29 is 14.2 Å². The first kappa shape index (κ1) is 14.5. The highest BCUT2D eigenvalue weighted by Crippen LogP contribution is 2.27. The predicted molar refractivity (Wildman–Crippen MR) is 77.5 cm³/mol. The molecule has 0 saturated heterocycles. The zero-order chi connectivity index (χ0) is 14.7. The van der Waals surface area contributed by atoms with Crippen LogP contribution < -0.4 is 4.74 Å². The molecule has 0 amide bonds. The largest absolute Gasteiger partial charge is 0.497 e. The minimum atomic E-state index is -0.970. The van der Waals surface area contributed by atoms with E-state index in [1.807, 2.05) is 24.3 Å². The average molecular weight is 274 g/mol. The summed E-state index contributed by atoms with van der Waals surface area (Å²) in [5.74, 6) is 0.400. The van der Waals surface area contributed by atoms with Crippen LogP contribution in [-0.2, 0) is 0 Å². The highest BCUT2D eigenvalue weighted by atomic mass is 19.1. The van der Waals surface area contributed by atoms with Gasteiger partial charge in [0.25, 0.3) is 0 Å². The number of aliphatic hydroxyl groups excluding tert-OH is 1. The summed E-state index contributed by atoms with van der Waals surface area (Å²) in [6, 6.07) is 12.1. The molecule has 0 aromatic heterocycles. The van der Waals surface area contributed by atoms with Crippen molar-refractivity contribution in [3.8, 4) is 5.75 Å². The van der Waals surface area contributed by atoms with E-state index in [0.717, 1.165) is 0 Å². The van der Waals surface area contributed by atoms with Crippen LogP contribution in [0.25, 0.3) is 0 Å². The fourth-order valence-electron chi connectivity index (χ4n) is 2.10. The number of halogens is 1. The Labute approximate surface area is 118 Å². The van der Waals surface area contributed by atoms with E-state index < -0.39 is 11.9 Å². The first-order valence-electron chi connectivity index (χ1n) is 6.64. The number of ether oxygens (including phenoxy) is 1. The van der Waals surface area contributed by atoms with Crippen molar-refractivity contribution >= 4 is 0 Å². The van der Waals surface area contributed by atoms with Crippen LogP contribution in [0.4, 0.5) is 4.39 Å². The first-order chi connectivity index (χ1) is 9.52. The van der Waals surface area contributed by atoms with Gasteiger partial charge in [-0.2, -0.15) is 0 Å². The van der Waals surface area contributed by atoms with Gasteiger partial charge in [0.1, 0.15) is 17.7 Å². The second kappa shape index (κ2) is 6.06. The maximum absolute atomic E-state index is 13.9. The lowest BCUT2D eigenvalue weighted by Crippen LogP contribution is -2.03. The zero-order valence-corrected chi connectivity index (χ0v) is 11.9. The average Bonchev–Trinajstić information content (AvgIpc) is 2.46. The molecule has 1 atom stereocenters. The van der Waals surface area contributed by atoms with Crippen LogP contribution in [0.1, 0.15) is 42.6 Å². The molecule has 0 fully saturated rings. The third kappa shape index (κ3) is 2.99. The fraction of sp³-hybridized carbons (Fsp3) is 0.294. The van der Waals surface area contributed by atoms with Gasteiger partial charge in [-0.1, -0.05) is 38.1 Å². The number of methoxy groups -OCH3 is 1. The summed E-state index contributed by atoms with van der Waals surface area (Å²) in [6.07, 6.45) is -0.970. The van der Waals surface area contributed by atoms with Crippen LogP contribution in [0.5, 0.6) is 5.75 Å². The molecule has 20 heavy (non-hydrogen) atoms. The minimum absolute atomic E-state index is 0.253. The Morgan fingerprint density at radius 2 is 1.60 bits per heavy atom. The second-order valence-corrected chi connectivity index (χ2v) is 5.11. The molecule has 2 nitrogen and oxygen atoms in total. The van der Waals surface area contributed by atoms with E-state index in [-0.39, 0.29) is 5.56 Å². The molecular weight excluding hydrogens is 255 g/mol. The lowest BCUT2D eigenvalue weighted by Gasteiger charge is -2.14. The monoisotopic (exact) mass is 274 g/mol. The molecule has 0 aliphatic rings. The van der Waals surface area contributed by atoms with Gasteiger partial charge in [-0.05, 0) is 29.2 Å². The third-order valence-electron chi connectivity index (χ3n) is 3.42. The SMILES string of the molecule is COc1ccc(C(O)c2ccc(C(C)C)cc2)c(F)c1. The van der Waals surface area contributed by atoms with Gasteiger partial charge in [0.2, 0.25) is 0 Å². The third-order valence-corrected chi connectivity index (χ3v) is 3.42. The Morgan fingerprint density at radius 3 is 2.10 bits per heavy atom. The van der Waals surface area contributed by atoms with Gasteiger partial charge in [0, 0.05) is 11.6 Å². The molecule has 0 bridgehead atoms. The number of aliphatic hydroxyl groups is 1. The van der Waals surface area contributed by atoms with Crippen molar-refractivity contribution in [2.75, 3.05) is 7.11 Å². The van der Waals surface area contributed by atoms with E-state index in [9.17, 15) is 9.50 Å². The van der Waals surface area contributed by atoms with Gasteiger partial charge in [-0.3, -0.25) is 0 Å². The number of rotatable bonds is 4. The van der Waals surface area contributed by atoms with E-state index in [1.54, 1.807) is 12.1 Å². The highest BCUT2D eigenvalue weighted by Gasteiger charge is 2.15. The lowest BCUT2D eigenvalue weighted by atomic mass is 9.97. The summed E-state index contributed by atoms with van der Waals surface area (Å²) in [6.45, 7) is 4.21. The fourth-order valence-corrected chi connectivity index (χ4v) is 2.10. The van der Waals surface area contributed by atoms with E-state index in [4.69, 9.17) is 4.74 Å². The van der Waals surface area contributed by atoms with Gasteiger partial charge in [-0.15, -0.1) is 0 Å². The Kier molecular flexibility index (Phi) is 4.40. The number of hydrogen-bond acceptors (Lipinski definition) is 2. The van der Waals surface area contributed by atoms with Gasteiger partial charge in [-0.25, -0.2) is 4.39 Å². The van der Waals surface area contributed by atoms with Gasteiger partial charge in [0.15, 0.2) is 0 Å². The Bertz CT molecular complexity index is 576. The summed E-state index contributed by atoms with van der Waals surface area (Å²) >= 11 is 0. The predicted octanol–water partition coefficient (Wildman–Crippen LogP) is 4.04. The van der Waals surface area contributed by atoms with E-state index in [0.29, 0.717) is 17.2 Å². The first-order valence-corrected chi connectivity index (χ1v) is 6.64. The Balaban J connectivity index is 2.28. The standard InChI is InChI=1S/C17H19FO2/c1-11(2)12-4-6-13(7-5-12)17(19)15-9-8-14(20-3)10-16(15)18/h4-11,17,19H,1-3H3. The second-order valence-electron chi connectivity index (χ2n) is 5.11. The summed E-state index contributed by atoms with van der Waals surface area (Å²) in [4.78, 5) is 0. The van der Waals surface area contributed by atoms with Crippen LogP contribution in [0, 0.1) is 5.82 Å². The van der Waals surface area contributed by atoms with Crippen LogP contribution in [0.2, 0.25) is 0 Å². The van der Waals surface area contributed by atoms with Crippen molar-refractivity contribution in [2.45, 2.75) is 25.9 Å². The summed E-state index contributed by atoms with van der Waals surface area (Å²) in [7, 11) is 1.48. The smallest absolute Gasteiger partial charge is 0.133 e. The molecule has 2 aromatic carbocycles. The molecule has 1 N–H and O–H groups in total. The molecule has 0 aliphatic carbocycles. The summed E-state index contributed by atoms with van der Waals surface area (Å²) in [5.41, 5.74) is 2.12. The molecule has 2 aromatic rings. The quantitative estimate of drug-likeness (QED) is 0.911. The number of hydrogen-bond donors (Lipinski definition) is 1. The molecular formula is C17H19FO2. The molecule has 2 rings (SSSR count). The molecule has 1 unspecified atom stereocenters. The maximum Gasteiger partial charge on any atom is 0.133 e. The Hall–Kier alpha value is -1.87. The molecule has 0 spiro atoms. The summed E-state index contributed by atoms with van der Waals surface area (Å²) in [5, 5.41) is 10.3. The van der Waals surface area contributed by atoms with Crippen LogP contribution in [-0.4, -0.2) is 12.2 Å². The zero-order valence-electron chi connectivity index (χ0n) is 11.9. The van der Waals surface area contributed by atoms with Crippen molar-refractivity contribution in [1.82, 2.24) is 0 Å². The number of benzene rings is 2. The highest BCUT2D eigenvalue weighted by molar-refractivity contribution is 5.36.